The second kappa shape index (κ2) is 9.71. The first kappa shape index (κ1) is 21.2. The fraction of sp³-hybridized carbons (Fsp3) is 0.600. The number of anilines is 1. The van der Waals surface area contributed by atoms with Crippen LogP contribution in [0.2, 0.25) is 0 Å². The number of ether oxygens (including phenoxy) is 1. The molecule has 0 aromatic heterocycles. The Bertz CT molecular complexity index is 644. The number of nitrogens with zero attached hydrogens (tertiary/aromatic N) is 1. The first-order valence-electron chi connectivity index (χ1n) is 9.62. The SMILES string of the molecule is CCC(C)(CNC(=O)c1cccc(NC(=O)NC(C)C)c1)N1CCOCC1. The summed E-state index contributed by atoms with van der Waals surface area (Å²) in [7, 11) is 0. The summed E-state index contributed by atoms with van der Waals surface area (Å²) in [5.74, 6) is -0.143. The third-order valence-corrected chi connectivity index (χ3v) is 4.97. The molecular weight excluding hydrogens is 344 g/mol. The van der Waals surface area contributed by atoms with E-state index in [1.54, 1.807) is 24.3 Å². The second-order valence-corrected chi connectivity index (χ2v) is 7.47. The largest absolute Gasteiger partial charge is 0.379 e. The highest BCUT2D eigenvalue weighted by atomic mass is 16.5. The van der Waals surface area contributed by atoms with E-state index in [4.69, 9.17) is 4.74 Å². The molecule has 1 heterocycles. The number of amides is 3. The average Bonchev–Trinajstić information content (AvgIpc) is 2.66. The Morgan fingerprint density at radius 3 is 2.59 bits per heavy atom. The standard InChI is InChI=1S/C20H32N4O3/c1-5-20(4,24-9-11-27-12-10-24)14-21-18(25)16-7-6-8-17(13-16)23-19(26)22-15(2)3/h6-8,13,15H,5,9-12,14H2,1-4H3,(H,21,25)(H2,22,23,26). The minimum Gasteiger partial charge on any atom is -0.379 e. The van der Waals surface area contributed by atoms with Gasteiger partial charge in [-0.05, 0) is 45.4 Å². The summed E-state index contributed by atoms with van der Waals surface area (Å²) in [4.78, 5) is 26.8. The van der Waals surface area contributed by atoms with Gasteiger partial charge in [0.05, 0.1) is 13.2 Å². The van der Waals surface area contributed by atoms with E-state index in [-0.39, 0.29) is 23.5 Å². The van der Waals surface area contributed by atoms with Crippen molar-refractivity contribution in [1.82, 2.24) is 15.5 Å². The van der Waals surface area contributed by atoms with Crippen LogP contribution in [0.4, 0.5) is 10.5 Å². The van der Waals surface area contributed by atoms with Gasteiger partial charge in [0.15, 0.2) is 0 Å². The maximum absolute atomic E-state index is 12.6. The Balaban J connectivity index is 1.96. The number of benzene rings is 1. The van der Waals surface area contributed by atoms with Crippen molar-refractivity contribution in [2.75, 3.05) is 38.2 Å². The molecule has 0 spiro atoms. The highest BCUT2D eigenvalue weighted by Crippen LogP contribution is 2.20. The molecule has 1 fully saturated rings. The zero-order chi connectivity index (χ0) is 19.9. The fourth-order valence-corrected chi connectivity index (χ4v) is 3.10. The van der Waals surface area contributed by atoms with E-state index in [0.29, 0.717) is 17.8 Å². The lowest BCUT2D eigenvalue weighted by atomic mass is 9.95. The minimum absolute atomic E-state index is 0.0448. The highest BCUT2D eigenvalue weighted by Gasteiger charge is 2.31. The number of rotatable bonds is 7. The minimum atomic E-state index is -0.284. The summed E-state index contributed by atoms with van der Waals surface area (Å²) in [6.07, 6.45) is 0.935. The molecule has 0 radical (unpaired) electrons. The summed E-state index contributed by atoms with van der Waals surface area (Å²) in [5.41, 5.74) is 1.01. The molecule has 1 unspecified atom stereocenters. The third kappa shape index (κ3) is 6.22. The summed E-state index contributed by atoms with van der Waals surface area (Å²) in [5, 5.41) is 8.56. The van der Waals surface area contributed by atoms with Crippen LogP contribution in [-0.2, 0) is 4.74 Å². The zero-order valence-corrected chi connectivity index (χ0v) is 16.8. The summed E-state index contributed by atoms with van der Waals surface area (Å²) in [6, 6.07) is 6.73. The van der Waals surface area contributed by atoms with Crippen LogP contribution in [0.25, 0.3) is 0 Å². The molecule has 1 aliphatic heterocycles. The van der Waals surface area contributed by atoms with Crippen molar-refractivity contribution in [1.29, 1.82) is 0 Å². The highest BCUT2D eigenvalue weighted by molar-refractivity contribution is 5.96. The average molecular weight is 377 g/mol. The van der Waals surface area contributed by atoms with E-state index in [2.05, 4.69) is 34.7 Å². The van der Waals surface area contributed by atoms with Gasteiger partial charge in [0.25, 0.3) is 5.91 Å². The molecule has 0 aliphatic carbocycles. The lowest BCUT2D eigenvalue weighted by Crippen LogP contribution is -2.56. The number of nitrogens with one attached hydrogen (secondary N) is 3. The van der Waals surface area contributed by atoms with Gasteiger partial charge in [0, 0.05) is 42.5 Å². The van der Waals surface area contributed by atoms with Crippen LogP contribution < -0.4 is 16.0 Å². The van der Waals surface area contributed by atoms with E-state index >= 15 is 0 Å². The maximum atomic E-state index is 12.6. The Labute approximate surface area is 161 Å². The zero-order valence-electron chi connectivity index (χ0n) is 16.8. The Morgan fingerprint density at radius 2 is 1.96 bits per heavy atom. The van der Waals surface area contributed by atoms with E-state index in [1.807, 2.05) is 13.8 Å². The molecule has 7 heteroatoms. The van der Waals surface area contributed by atoms with Crippen molar-refractivity contribution >= 4 is 17.6 Å². The number of carbonyl (C=O) groups excluding carboxylic acids is 2. The van der Waals surface area contributed by atoms with Crippen molar-refractivity contribution in [3.8, 4) is 0 Å². The Hall–Kier alpha value is -2.12. The number of carbonyl (C=O) groups is 2. The number of morpholine rings is 1. The molecule has 150 valence electrons. The van der Waals surface area contributed by atoms with E-state index in [0.717, 1.165) is 32.7 Å². The van der Waals surface area contributed by atoms with E-state index in [1.165, 1.54) is 0 Å². The molecule has 1 aliphatic rings. The molecule has 1 saturated heterocycles. The van der Waals surface area contributed by atoms with Gasteiger partial charge in [-0.25, -0.2) is 4.79 Å². The smallest absolute Gasteiger partial charge is 0.319 e. The number of hydrogen-bond donors (Lipinski definition) is 3. The monoisotopic (exact) mass is 376 g/mol. The van der Waals surface area contributed by atoms with E-state index < -0.39 is 0 Å². The molecule has 3 N–H and O–H groups in total. The van der Waals surface area contributed by atoms with Crippen LogP contribution in [-0.4, -0.2) is 61.3 Å². The molecule has 2 rings (SSSR count). The van der Waals surface area contributed by atoms with Crippen LogP contribution in [0, 0.1) is 0 Å². The van der Waals surface area contributed by atoms with Crippen LogP contribution in [0.15, 0.2) is 24.3 Å². The quantitative estimate of drug-likeness (QED) is 0.683. The summed E-state index contributed by atoms with van der Waals surface area (Å²) < 4.78 is 5.43. The van der Waals surface area contributed by atoms with Gasteiger partial charge < -0.3 is 20.7 Å². The normalized spacial score (nSPS) is 17.2. The van der Waals surface area contributed by atoms with Gasteiger partial charge in [-0.15, -0.1) is 0 Å². The van der Waals surface area contributed by atoms with E-state index in [9.17, 15) is 9.59 Å². The third-order valence-electron chi connectivity index (χ3n) is 4.97. The first-order chi connectivity index (χ1) is 12.8. The topological polar surface area (TPSA) is 82.7 Å². The molecule has 0 saturated carbocycles. The Morgan fingerprint density at radius 1 is 1.26 bits per heavy atom. The molecule has 3 amide bonds. The molecule has 7 nitrogen and oxygen atoms in total. The van der Waals surface area contributed by atoms with Gasteiger partial charge in [-0.2, -0.15) is 0 Å². The van der Waals surface area contributed by atoms with Crippen molar-refractivity contribution in [3.05, 3.63) is 29.8 Å². The summed E-state index contributed by atoms with van der Waals surface area (Å²) in [6.45, 7) is 11.9. The molecule has 1 aromatic rings. The molecule has 27 heavy (non-hydrogen) atoms. The van der Waals surface area contributed by atoms with Gasteiger partial charge in [-0.1, -0.05) is 13.0 Å². The van der Waals surface area contributed by atoms with Gasteiger partial charge in [0.1, 0.15) is 0 Å². The predicted octanol–water partition coefficient (Wildman–Crippen LogP) is 2.45. The van der Waals surface area contributed by atoms with Crippen LogP contribution in [0.3, 0.4) is 0 Å². The molecular formula is C20H32N4O3. The van der Waals surface area contributed by atoms with Gasteiger partial charge in [0.2, 0.25) is 0 Å². The maximum Gasteiger partial charge on any atom is 0.319 e. The predicted molar refractivity (Wildman–Crippen MR) is 107 cm³/mol. The Kier molecular flexibility index (Phi) is 7.62. The lowest BCUT2D eigenvalue weighted by Gasteiger charge is -2.43. The van der Waals surface area contributed by atoms with Crippen LogP contribution >= 0.6 is 0 Å². The fourth-order valence-electron chi connectivity index (χ4n) is 3.10. The molecule has 1 aromatic carbocycles. The molecule has 1 atom stereocenters. The van der Waals surface area contributed by atoms with Gasteiger partial charge in [-0.3, -0.25) is 9.69 Å². The van der Waals surface area contributed by atoms with Crippen LogP contribution in [0.5, 0.6) is 0 Å². The first-order valence-corrected chi connectivity index (χ1v) is 9.62. The number of hydrogen-bond acceptors (Lipinski definition) is 4. The van der Waals surface area contributed by atoms with Crippen LogP contribution in [0.1, 0.15) is 44.5 Å². The summed E-state index contributed by atoms with van der Waals surface area (Å²) >= 11 is 0. The second-order valence-electron chi connectivity index (χ2n) is 7.47. The van der Waals surface area contributed by atoms with Crippen molar-refractivity contribution in [2.45, 2.75) is 45.7 Å². The molecule has 0 bridgehead atoms. The lowest BCUT2D eigenvalue weighted by molar-refractivity contribution is -0.0169. The van der Waals surface area contributed by atoms with Gasteiger partial charge >= 0.3 is 6.03 Å². The van der Waals surface area contributed by atoms with Crippen molar-refractivity contribution < 1.29 is 14.3 Å². The number of urea groups is 1. The van der Waals surface area contributed by atoms with Crippen molar-refractivity contribution in [3.63, 3.8) is 0 Å². The van der Waals surface area contributed by atoms with Crippen molar-refractivity contribution in [2.24, 2.45) is 0 Å².